The Hall–Kier alpha value is -1.38. The zero-order valence-corrected chi connectivity index (χ0v) is 9.09. The fraction of sp³-hybridized carbons (Fsp3) is 0.375. The Balaban J connectivity index is 2.53. The summed E-state index contributed by atoms with van der Waals surface area (Å²) in [6.07, 6.45) is -0.869. The number of thiol groups is 1. The molecule has 2 atom stereocenters. The molecular formula is C8H11N5O2S. The molecule has 16 heavy (non-hydrogen) atoms. The van der Waals surface area contributed by atoms with Gasteiger partial charge in [0.15, 0.2) is 5.65 Å². The molecule has 8 heteroatoms. The van der Waals surface area contributed by atoms with E-state index in [1.165, 1.54) is 6.33 Å². The van der Waals surface area contributed by atoms with E-state index in [2.05, 4.69) is 32.8 Å². The molecule has 0 radical (unpaired) electrons. The second kappa shape index (κ2) is 4.24. The minimum Gasteiger partial charge on any atom is -0.389 e. The topological polar surface area (TPSA) is 121 Å². The van der Waals surface area contributed by atoms with E-state index in [4.69, 9.17) is 5.73 Å². The molecule has 0 aliphatic rings. The van der Waals surface area contributed by atoms with Gasteiger partial charge in [-0.3, -0.25) is 5.10 Å². The van der Waals surface area contributed by atoms with Gasteiger partial charge in [0.1, 0.15) is 18.2 Å². The van der Waals surface area contributed by atoms with Gasteiger partial charge in [0.05, 0.1) is 17.2 Å². The third kappa shape index (κ3) is 1.70. The van der Waals surface area contributed by atoms with E-state index < -0.39 is 12.2 Å². The normalized spacial score (nSPS) is 15.2. The van der Waals surface area contributed by atoms with Gasteiger partial charge in [-0.25, -0.2) is 9.97 Å². The Bertz CT molecular complexity index is 502. The van der Waals surface area contributed by atoms with Crippen LogP contribution in [0.2, 0.25) is 0 Å². The molecule has 0 aliphatic heterocycles. The summed E-state index contributed by atoms with van der Waals surface area (Å²) in [7, 11) is 0. The lowest BCUT2D eigenvalue weighted by atomic mass is 10.1. The number of hydrogen-bond donors (Lipinski definition) is 5. The zero-order chi connectivity index (χ0) is 11.7. The van der Waals surface area contributed by atoms with Crippen molar-refractivity contribution in [1.82, 2.24) is 20.2 Å². The van der Waals surface area contributed by atoms with Gasteiger partial charge in [-0.05, 0) is 0 Å². The van der Waals surface area contributed by atoms with Gasteiger partial charge in [-0.2, -0.15) is 17.7 Å². The van der Waals surface area contributed by atoms with Gasteiger partial charge in [-0.1, -0.05) is 0 Å². The van der Waals surface area contributed by atoms with Crippen molar-refractivity contribution in [3.63, 3.8) is 0 Å². The SMILES string of the molecule is Nc1ncnc2n[nH]c(C(O)C(O)CS)c12. The van der Waals surface area contributed by atoms with Crippen LogP contribution in [0.1, 0.15) is 11.8 Å². The summed E-state index contributed by atoms with van der Waals surface area (Å²) < 4.78 is 0. The fourth-order valence-corrected chi connectivity index (χ4v) is 1.61. The maximum absolute atomic E-state index is 9.82. The van der Waals surface area contributed by atoms with Gasteiger partial charge in [-0.15, -0.1) is 0 Å². The zero-order valence-electron chi connectivity index (χ0n) is 8.20. The lowest BCUT2D eigenvalue weighted by Gasteiger charge is -2.14. The van der Waals surface area contributed by atoms with Crippen LogP contribution in [0.25, 0.3) is 11.0 Å². The summed E-state index contributed by atoms with van der Waals surface area (Å²) in [6.45, 7) is 0. The Labute approximate surface area is 96.1 Å². The van der Waals surface area contributed by atoms with Crippen molar-refractivity contribution in [2.45, 2.75) is 12.2 Å². The molecule has 2 aromatic heterocycles. The van der Waals surface area contributed by atoms with Crippen LogP contribution in [0.4, 0.5) is 5.82 Å². The average molecular weight is 241 g/mol. The summed E-state index contributed by atoms with van der Waals surface area (Å²) in [4.78, 5) is 7.69. The molecule has 0 saturated carbocycles. The molecule has 0 aromatic carbocycles. The second-order valence-electron chi connectivity index (χ2n) is 3.29. The van der Waals surface area contributed by atoms with Crippen molar-refractivity contribution in [2.75, 3.05) is 11.5 Å². The maximum Gasteiger partial charge on any atom is 0.186 e. The van der Waals surface area contributed by atoms with E-state index in [0.717, 1.165) is 0 Å². The van der Waals surface area contributed by atoms with Crippen molar-refractivity contribution < 1.29 is 10.2 Å². The minimum atomic E-state index is -1.14. The molecule has 0 amide bonds. The minimum absolute atomic E-state index is 0.120. The highest BCUT2D eigenvalue weighted by atomic mass is 32.1. The maximum atomic E-state index is 9.82. The monoisotopic (exact) mass is 241 g/mol. The number of H-pyrrole nitrogens is 1. The van der Waals surface area contributed by atoms with E-state index in [-0.39, 0.29) is 11.6 Å². The van der Waals surface area contributed by atoms with Crippen LogP contribution in [0, 0.1) is 0 Å². The standard InChI is InChI=1S/C8H11N5O2S/c9-7-4-5(6(15)3(14)1-16)12-13-8(4)11-2-10-7/h2-3,6,14-16H,1H2,(H3,9,10,11,12,13). The number of fused-ring (bicyclic) bond motifs is 1. The van der Waals surface area contributed by atoms with E-state index in [9.17, 15) is 10.2 Å². The van der Waals surface area contributed by atoms with Crippen LogP contribution in [0.5, 0.6) is 0 Å². The van der Waals surface area contributed by atoms with Gasteiger partial charge < -0.3 is 15.9 Å². The fourth-order valence-electron chi connectivity index (χ4n) is 1.41. The number of nitrogen functional groups attached to an aromatic ring is 1. The number of aromatic amines is 1. The molecule has 0 saturated heterocycles. The number of aromatic nitrogens is 4. The largest absolute Gasteiger partial charge is 0.389 e. The Kier molecular flexibility index (Phi) is 2.95. The van der Waals surface area contributed by atoms with Crippen LogP contribution in [-0.2, 0) is 0 Å². The van der Waals surface area contributed by atoms with Crippen LogP contribution >= 0.6 is 12.6 Å². The summed E-state index contributed by atoms with van der Waals surface area (Å²) in [6, 6.07) is 0. The summed E-state index contributed by atoms with van der Waals surface area (Å²) >= 11 is 3.90. The molecule has 2 aromatic rings. The average Bonchev–Trinajstić information content (AvgIpc) is 2.72. The molecule has 2 heterocycles. The van der Waals surface area contributed by atoms with E-state index in [0.29, 0.717) is 16.7 Å². The van der Waals surface area contributed by atoms with Crippen molar-refractivity contribution >= 4 is 29.5 Å². The van der Waals surface area contributed by atoms with Gasteiger partial charge >= 0.3 is 0 Å². The highest BCUT2D eigenvalue weighted by molar-refractivity contribution is 7.80. The number of nitrogens with two attached hydrogens (primary N) is 1. The Morgan fingerprint density at radius 2 is 2.19 bits per heavy atom. The van der Waals surface area contributed by atoms with Gasteiger partial charge in [0.25, 0.3) is 0 Å². The number of nitrogens with one attached hydrogen (secondary N) is 1. The number of aliphatic hydroxyl groups excluding tert-OH is 2. The summed E-state index contributed by atoms with van der Waals surface area (Å²) in [5.74, 6) is 0.328. The van der Waals surface area contributed by atoms with Crippen molar-refractivity contribution in [3.05, 3.63) is 12.0 Å². The lowest BCUT2D eigenvalue weighted by molar-refractivity contribution is 0.0319. The molecule has 0 spiro atoms. The smallest absolute Gasteiger partial charge is 0.186 e. The first-order valence-corrected chi connectivity index (χ1v) is 5.19. The summed E-state index contributed by atoms with van der Waals surface area (Å²) in [5, 5.41) is 26.2. The number of hydrogen-bond acceptors (Lipinski definition) is 7. The van der Waals surface area contributed by atoms with Gasteiger partial charge in [0.2, 0.25) is 0 Å². The van der Waals surface area contributed by atoms with Gasteiger partial charge in [0, 0.05) is 5.75 Å². The van der Waals surface area contributed by atoms with Crippen molar-refractivity contribution in [2.24, 2.45) is 0 Å². The molecule has 0 fully saturated rings. The molecule has 0 bridgehead atoms. The third-order valence-corrected chi connectivity index (χ3v) is 2.63. The molecule has 2 rings (SSSR count). The van der Waals surface area contributed by atoms with Crippen LogP contribution in [0.3, 0.4) is 0 Å². The molecular weight excluding hydrogens is 230 g/mol. The number of aliphatic hydroxyl groups is 2. The van der Waals surface area contributed by atoms with E-state index in [1.54, 1.807) is 0 Å². The highest BCUT2D eigenvalue weighted by Gasteiger charge is 2.23. The third-order valence-electron chi connectivity index (χ3n) is 2.26. The predicted octanol–water partition coefficient (Wildman–Crippen LogP) is -0.741. The number of nitrogens with zero attached hydrogens (tertiary/aromatic N) is 3. The number of anilines is 1. The predicted molar refractivity (Wildman–Crippen MR) is 60.9 cm³/mol. The van der Waals surface area contributed by atoms with Crippen molar-refractivity contribution in [1.29, 1.82) is 0 Å². The molecule has 86 valence electrons. The molecule has 7 nitrogen and oxygen atoms in total. The van der Waals surface area contributed by atoms with Crippen molar-refractivity contribution in [3.8, 4) is 0 Å². The molecule has 5 N–H and O–H groups in total. The molecule has 0 aliphatic carbocycles. The van der Waals surface area contributed by atoms with Crippen LogP contribution in [-0.4, -0.2) is 42.2 Å². The van der Waals surface area contributed by atoms with E-state index >= 15 is 0 Å². The first-order valence-electron chi connectivity index (χ1n) is 4.56. The highest BCUT2D eigenvalue weighted by Crippen LogP contribution is 2.26. The second-order valence-corrected chi connectivity index (χ2v) is 3.65. The Morgan fingerprint density at radius 1 is 1.44 bits per heavy atom. The first-order chi connectivity index (χ1) is 7.65. The van der Waals surface area contributed by atoms with Crippen LogP contribution in [0.15, 0.2) is 6.33 Å². The first kappa shape index (κ1) is 11.1. The Morgan fingerprint density at radius 3 is 2.88 bits per heavy atom. The van der Waals surface area contributed by atoms with Crippen LogP contribution < -0.4 is 5.73 Å². The lowest BCUT2D eigenvalue weighted by Crippen LogP contribution is -2.20. The molecule has 2 unspecified atom stereocenters. The number of rotatable bonds is 3. The quantitative estimate of drug-likeness (QED) is 0.451. The van der Waals surface area contributed by atoms with E-state index in [1.807, 2.05) is 0 Å². The summed E-state index contributed by atoms with van der Waals surface area (Å²) in [5.41, 5.74) is 6.31.